The monoisotopic (exact) mass is 280 g/mol. The summed E-state index contributed by atoms with van der Waals surface area (Å²) in [6.45, 7) is 4.28. The highest BCUT2D eigenvalue weighted by atomic mass is 32.2. The van der Waals surface area contributed by atoms with E-state index >= 15 is 0 Å². The molecule has 1 aromatic rings. The van der Waals surface area contributed by atoms with Crippen LogP contribution < -0.4 is 4.74 Å². The maximum absolute atomic E-state index is 11.5. The first-order chi connectivity index (χ1) is 9.19. The van der Waals surface area contributed by atoms with Gasteiger partial charge in [0, 0.05) is 16.1 Å². The average Bonchev–Trinajstić information content (AvgIpc) is 2.49. The number of benzene rings is 1. The molecule has 0 aromatic heterocycles. The van der Waals surface area contributed by atoms with Crippen LogP contribution >= 0.6 is 11.8 Å². The summed E-state index contributed by atoms with van der Waals surface area (Å²) in [7, 11) is 1.67. The van der Waals surface area contributed by atoms with Gasteiger partial charge in [0.15, 0.2) is 0 Å². The summed E-state index contributed by atoms with van der Waals surface area (Å²) < 4.78 is 5.14. The van der Waals surface area contributed by atoms with E-state index < -0.39 is 0 Å². The summed E-state index contributed by atoms with van der Waals surface area (Å²) in [6, 6.07) is 8.02. The minimum absolute atomic E-state index is 0.166. The zero-order valence-electron chi connectivity index (χ0n) is 12.1. The van der Waals surface area contributed by atoms with Gasteiger partial charge in [-0.1, -0.05) is 26.7 Å². The third-order valence-electron chi connectivity index (χ3n) is 3.57. The molecule has 0 amide bonds. The number of hydrogen-bond acceptors (Lipinski definition) is 3. The molecule has 0 radical (unpaired) electrons. The lowest BCUT2D eigenvalue weighted by Gasteiger charge is -2.26. The Kier molecular flexibility index (Phi) is 7.00. The first kappa shape index (κ1) is 16.1. The molecule has 0 saturated carbocycles. The van der Waals surface area contributed by atoms with Gasteiger partial charge in [0.2, 0.25) is 0 Å². The molecule has 0 aliphatic heterocycles. The highest BCUT2D eigenvalue weighted by Gasteiger charge is 2.27. The van der Waals surface area contributed by atoms with Gasteiger partial charge in [-0.25, -0.2) is 0 Å². The number of hydrogen-bond donors (Lipinski definition) is 0. The molecule has 0 aliphatic rings. The van der Waals surface area contributed by atoms with Crippen LogP contribution in [0.4, 0.5) is 0 Å². The second-order valence-electron chi connectivity index (χ2n) is 4.90. The Labute approximate surface area is 120 Å². The molecule has 19 heavy (non-hydrogen) atoms. The fourth-order valence-electron chi connectivity index (χ4n) is 1.96. The Morgan fingerprint density at radius 2 is 1.95 bits per heavy atom. The molecule has 1 unspecified atom stereocenters. The molecule has 0 fully saturated rings. The van der Waals surface area contributed by atoms with Crippen LogP contribution in [-0.4, -0.2) is 19.1 Å². The number of thioether (sulfide) groups is 1. The Balaban J connectivity index is 2.61. The van der Waals surface area contributed by atoms with Crippen LogP contribution in [0.1, 0.15) is 39.5 Å². The zero-order chi connectivity index (χ0) is 14.1. The van der Waals surface area contributed by atoms with E-state index in [2.05, 4.69) is 26.0 Å². The lowest BCUT2D eigenvalue weighted by molar-refractivity contribution is -0.115. The molecule has 0 spiro atoms. The summed E-state index contributed by atoms with van der Waals surface area (Å²) >= 11 is 1.76. The number of unbranched alkanes of at least 4 members (excludes halogenated alkanes) is 1. The van der Waals surface area contributed by atoms with E-state index in [1.807, 2.05) is 12.1 Å². The average molecular weight is 280 g/mol. The smallest absolute Gasteiger partial charge is 0.126 e. The second kappa shape index (κ2) is 8.26. The maximum Gasteiger partial charge on any atom is 0.126 e. The Morgan fingerprint density at radius 3 is 2.42 bits per heavy atom. The van der Waals surface area contributed by atoms with Crippen LogP contribution in [0.15, 0.2) is 29.2 Å². The molecule has 106 valence electrons. The molecule has 0 heterocycles. The fourth-order valence-corrected chi connectivity index (χ4v) is 3.15. The lowest BCUT2D eigenvalue weighted by atomic mass is 9.84. The fraction of sp³-hybridized carbons (Fsp3) is 0.562. The summed E-state index contributed by atoms with van der Waals surface area (Å²) in [4.78, 5) is 12.6. The largest absolute Gasteiger partial charge is 0.497 e. The predicted octanol–water partition coefficient (Wildman–Crippen LogP) is 4.57. The summed E-state index contributed by atoms with van der Waals surface area (Å²) in [6.07, 6.45) is 5.34. The Morgan fingerprint density at radius 1 is 1.26 bits per heavy atom. The third kappa shape index (κ3) is 4.90. The van der Waals surface area contributed by atoms with Crippen molar-refractivity contribution in [2.75, 3.05) is 12.9 Å². The van der Waals surface area contributed by atoms with Gasteiger partial charge in [-0.15, -0.1) is 11.8 Å². The second-order valence-corrected chi connectivity index (χ2v) is 5.95. The van der Waals surface area contributed by atoms with Gasteiger partial charge in [-0.2, -0.15) is 0 Å². The van der Waals surface area contributed by atoms with Crippen LogP contribution in [0.25, 0.3) is 0 Å². The number of carbonyl (C=O) groups excluding carboxylic acids is 1. The quantitative estimate of drug-likeness (QED) is 0.489. The van der Waals surface area contributed by atoms with Gasteiger partial charge in [0.1, 0.15) is 12.0 Å². The van der Waals surface area contributed by atoms with Gasteiger partial charge in [-0.3, -0.25) is 0 Å². The van der Waals surface area contributed by atoms with E-state index in [1.165, 1.54) is 11.2 Å². The minimum Gasteiger partial charge on any atom is -0.497 e. The Hall–Kier alpha value is -0.960. The summed E-state index contributed by atoms with van der Waals surface area (Å²) in [5.41, 5.74) is -0.166. The predicted molar refractivity (Wildman–Crippen MR) is 82.0 cm³/mol. The van der Waals surface area contributed by atoms with Crippen molar-refractivity contribution in [3.8, 4) is 5.75 Å². The molecule has 0 N–H and O–H groups in total. The van der Waals surface area contributed by atoms with Gasteiger partial charge < -0.3 is 9.53 Å². The molecule has 0 aliphatic carbocycles. The van der Waals surface area contributed by atoms with Crippen molar-refractivity contribution in [3.05, 3.63) is 24.3 Å². The van der Waals surface area contributed by atoms with E-state index in [0.717, 1.165) is 37.2 Å². The molecule has 3 heteroatoms. The number of aldehydes is 1. The van der Waals surface area contributed by atoms with E-state index in [0.29, 0.717) is 0 Å². The number of rotatable bonds is 9. The van der Waals surface area contributed by atoms with Crippen LogP contribution in [0.5, 0.6) is 5.75 Å². The number of methoxy groups -OCH3 is 1. The van der Waals surface area contributed by atoms with Crippen LogP contribution in [-0.2, 0) is 4.79 Å². The standard InChI is InChI=1S/C16H24O2S/c1-4-6-11-16(5-2,12-17)13-19-15-9-7-14(18-3)8-10-15/h7-10,12H,4-6,11,13H2,1-3H3. The van der Waals surface area contributed by atoms with E-state index in [-0.39, 0.29) is 5.41 Å². The van der Waals surface area contributed by atoms with Crippen molar-refractivity contribution < 1.29 is 9.53 Å². The molecule has 1 atom stereocenters. The van der Waals surface area contributed by atoms with Gasteiger partial charge >= 0.3 is 0 Å². The van der Waals surface area contributed by atoms with Gasteiger partial charge in [-0.05, 0) is 37.1 Å². The van der Waals surface area contributed by atoms with E-state index in [4.69, 9.17) is 4.74 Å². The molecular formula is C16H24O2S. The molecule has 1 rings (SSSR count). The summed E-state index contributed by atoms with van der Waals surface area (Å²) in [5.74, 6) is 1.73. The van der Waals surface area contributed by atoms with Crippen molar-refractivity contribution >= 4 is 18.0 Å². The number of carbonyl (C=O) groups is 1. The number of ether oxygens (including phenoxy) is 1. The highest BCUT2D eigenvalue weighted by Crippen LogP contribution is 2.34. The highest BCUT2D eigenvalue weighted by molar-refractivity contribution is 7.99. The van der Waals surface area contributed by atoms with Crippen molar-refractivity contribution in [3.63, 3.8) is 0 Å². The van der Waals surface area contributed by atoms with Crippen molar-refractivity contribution in [2.24, 2.45) is 5.41 Å². The maximum atomic E-state index is 11.5. The van der Waals surface area contributed by atoms with Crippen LogP contribution in [0.2, 0.25) is 0 Å². The zero-order valence-corrected chi connectivity index (χ0v) is 13.0. The van der Waals surface area contributed by atoms with E-state index in [9.17, 15) is 4.79 Å². The lowest BCUT2D eigenvalue weighted by Crippen LogP contribution is -2.24. The first-order valence-corrected chi connectivity index (χ1v) is 7.91. The topological polar surface area (TPSA) is 26.3 Å². The van der Waals surface area contributed by atoms with Crippen molar-refractivity contribution in [2.45, 2.75) is 44.4 Å². The molecule has 0 saturated heterocycles. The minimum atomic E-state index is -0.166. The van der Waals surface area contributed by atoms with Crippen molar-refractivity contribution in [1.82, 2.24) is 0 Å². The summed E-state index contributed by atoms with van der Waals surface area (Å²) in [5, 5.41) is 0. The SMILES string of the molecule is CCCCC(C=O)(CC)CSc1ccc(OC)cc1. The van der Waals surface area contributed by atoms with Crippen molar-refractivity contribution in [1.29, 1.82) is 0 Å². The van der Waals surface area contributed by atoms with Gasteiger partial charge in [0.05, 0.1) is 7.11 Å². The van der Waals surface area contributed by atoms with Crippen LogP contribution in [0.3, 0.4) is 0 Å². The van der Waals surface area contributed by atoms with E-state index in [1.54, 1.807) is 18.9 Å². The third-order valence-corrected chi connectivity index (χ3v) is 4.89. The molecule has 1 aromatic carbocycles. The molecular weight excluding hydrogens is 256 g/mol. The molecule has 2 nitrogen and oxygen atoms in total. The molecule has 0 bridgehead atoms. The Bertz CT molecular complexity index is 375. The van der Waals surface area contributed by atoms with Gasteiger partial charge in [0.25, 0.3) is 0 Å². The van der Waals surface area contributed by atoms with Crippen LogP contribution in [0, 0.1) is 5.41 Å². The normalized spacial score (nSPS) is 13.8. The first-order valence-electron chi connectivity index (χ1n) is 6.93.